The highest BCUT2D eigenvalue weighted by molar-refractivity contribution is 5.80. The Morgan fingerprint density at radius 3 is 2.50 bits per heavy atom. The smallest absolute Gasteiger partial charge is 0.194 e. The first kappa shape index (κ1) is 17.1. The Labute approximate surface area is 146 Å². The van der Waals surface area contributed by atoms with Crippen LogP contribution >= 0.6 is 0 Å². The molecule has 5 nitrogen and oxygen atoms in total. The number of likely N-dealkylation sites (tertiary alicyclic amines) is 1. The van der Waals surface area contributed by atoms with Gasteiger partial charge in [-0.05, 0) is 50.3 Å². The summed E-state index contributed by atoms with van der Waals surface area (Å²) in [5.74, 6) is 2.18. The maximum Gasteiger partial charge on any atom is 0.194 e. The van der Waals surface area contributed by atoms with Crippen molar-refractivity contribution in [1.82, 2.24) is 15.2 Å². The number of aromatic nitrogens is 1. The fraction of sp³-hybridized carbons (Fsp3) is 0.684. The molecule has 1 N–H and O–H groups in total. The molecular weight excluding hydrogens is 298 g/mol. The average molecular weight is 329 g/mol. The van der Waals surface area contributed by atoms with Gasteiger partial charge in [0.1, 0.15) is 5.82 Å². The molecule has 0 radical (unpaired) electrons. The summed E-state index contributed by atoms with van der Waals surface area (Å²) in [4.78, 5) is 14.3. The number of pyridine rings is 1. The molecule has 132 valence electrons. The van der Waals surface area contributed by atoms with Crippen molar-refractivity contribution in [1.29, 1.82) is 0 Å². The maximum atomic E-state index is 4.86. The summed E-state index contributed by atoms with van der Waals surface area (Å²) in [6.07, 6.45) is 9.75. The molecule has 1 aromatic rings. The second-order valence-corrected chi connectivity index (χ2v) is 6.79. The van der Waals surface area contributed by atoms with Crippen molar-refractivity contribution in [2.75, 3.05) is 37.6 Å². The van der Waals surface area contributed by atoms with Crippen molar-refractivity contribution >= 4 is 11.8 Å². The van der Waals surface area contributed by atoms with Crippen LogP contribution < -0.4 is 10.2 Å². The molecule has 3 rings (SSSR count). The Balaban J connectivity index is 1.67. The van der Waals surface area contributed by atoms with Crippen molar-refractivity contribution in [3.05, 3.63) is 23.9 Å². The summed E-state index contributed by atoms with van der Waals surface area (Å²) in [5.41, 5.74) is 1.25. The summed E-state index contributed by atoms with van der Waals surface area (Å²) in [5, 5.41) is 3.43. The zero-order chi connectivity index (χ0) is 16.6. The molecule has 0 unspecified atom stereocenters. The molecule has 3 heterocycles. The monoisotopic (exact) mass is 329 g/mol. The standard InChI is InChI=1S/C19H31N5/c1-2-20-19(24-13-7-8-14-24)22-16-17-9-10-21-18(15-17)23-11-5-3-4-6-12-23/h9-10,15H,2-8,11-14,16H2,1H3,(H,20,22). The number of hydrogen-bond acceptors (Lipinski definition) is 3. The lowest BCUT2D eigenvalue weighted by Crippen LogP contribution is -2.39. The molecule has 0 bridgehead atoms. The van der Waals surface area contributed by atoms with Crippen molar-refractivity contribution in [3.8, 4) is 0 Å². The first-order valence-electron chi connectivity index (χ1n) is 9.60. The van der Waals surface area contributed by atoms with Crippen LogP contribution in [0.5, 0.6) is 0 Å². The van der Waals surface area contributed by atoms with Crippen LogP contribution in [-0.2, 0) is 6.54 Å². The molecule has 0 amide bonds. The van der Waals surface area contributed by atoms with Crippen LogP contribution in [-0.4, -0.2) is 48.6 Å². The molecule has 1 aromatic heterocycles. The molecule has 0 atom stereocenters. The largest absolute Gasteiger partial charge is 0.357 e. The quantitative estimate of drug-likeness (QED) is 0.681. The van der Waals surface area contributed by atoms with E-state index in [9.17, 15) is 0 Å². The molecular formula is C19H31N5. The number of aliphatic imine (C=N–C) groups is 1. The molecule has 2 aliphatic rings. The Morgan fingerprint density at radius 2 is 1.79 bits per heavy atom. The first-order valence-corrected chi connectivity index (χ1v) is 9.60. The van der Waals surface area contributed by atoms with Gasteiger partial charge in [-0.2, -0.15) is 0 Å². The van der Waals surface area contributed by atoms with Gasteiger partial charge in [-0.15, -0.1) is 0 Å². The minimum atomic E-state index is 0.724. The lowest BCUT2D eigenvalue weighted by molar-refractivity contribution is 0.493. The predicted molar refractivity (Wildman–Crippen MR) is 101 cm³/mol. The molecule has 5 heteroatoms. The van der Waals surface area contributed by atoms with Gasteiger partial charge in [-0.25, -0.2) is 9.98 Å². The topological polar surface area (TPSA) is 43.8 Å². The number of hydrogen-bond donors (Lipinski definition) is 1. The van der Waals surface area contributed by atoms with Crippen LogP contribution in [0.25, 0.3) is 0 Å². The number of nitrogens with zero attached hydrogens (tertiary/aromatic N) is 4. The van der Waals surface area contributed by atoms with Crippen molar-refractivity contribution in [2.45, 2.75) is 52.0 Å². The SMILES string of the molecule is CCNC(=NCc1ccnc(N2CCCCCC2)c1)N1CCCC1. The maximum absolute atomic E-state index is 4.86. The second-order valence-electron chi connectivity index (χ2n) is 6.79. The van der Waals surface area contributed by atoms with Crippen LogP contribution in [0.1, 0.15) is 51.0 Å². The van der Waals surface area contributed by atoms with E-state index < -0.39 is 0 Å². The molecule has 0 saturated carbocycles. The van der Waals surface area contributed by atoms with Crippen LogP contribution in [0.4, 0.5) is 5.82 Å². The summed E-state index contributed by atoms with van der Waals surface area (Å²) >= 11 is 0. The van der Waals surface area contributed by atoms with Crippen LogP contribution in [0, 0.1) is 0 Å². The van der Waals surface area contributed by atoms with Crippen LogP contribution in [0.2, 0.25) is 0 Å². The Kier molecular flexibility index (Phi) is 6.33. The summed E-state index contributed by atoms with van der Waals surface area (Å²) < 4.78 is 0. The average Bonchev–Trinajstić information content (AvgIpc) is 3.01. The third kappa shape index (κ3) is 4.62. The van der Waals surface area contributed by atoms with E-state index in [0.717, 1.165) is 51.0 Å². The van der Waals surface area contributed by atoms with Gasteiger partial charge in [0.15, 0.2) is 5.96 Å². The summed E-state index contributed by atoms with van der Waals surface area (Å²) in [7, 11) is 0. The predicted octanol–water partition coefficient (Wildman–Crippen LogP) is 3.02. The highest BCUT2D eigenvalue weighted by atomic mass is 15.3. The minimum Gasteiger partial charge on any atom is -0.357 e. The van der Waals surface area contributed by atoms with Crippen molar-refractivity contribution < 1.29 is 0 Å². The van der Waals surface area contributed by atoms with E-state index in [1.165, 1.54) is 44.1 Å². The summed E-state index contributed by atoms with van der Waals surface area (Å²) in [6, 6.07) is 4.32. The molecule has 0 aliphatic carbocycles. The van der Waals surface area contributed by atoms with Gasteiger partial charge >= 0.3 is 0 Å². The zero-order valence-corrected chi connectivity index (χ0v) is 15.0. The number of rotatable bonds is 4. The van der Waals surface area contributed by atoms with Gasteiger partial charge < -0.3 is 15.1 Å². The highest BCUT2D eigenvalue weighted by Crippen LogP contribution is 2.18. The van der Waals surface area contributed by atoms with Crippen molar-refractivity contribution in [3.63, 3.8) is 0 Å². The molecule has 0 spiro atoms. The van der Waals surface area contributed by atoms with E-state index in [1.54, 1.807) is 0 Å². The molecule has 2 fully saturated rings. The van der Waals surface area contributed by atoms with Gasteiger partial charge in [0.2, 0.25) is 0 Å². The Hall–Kier alpha value is -1.78. The van der Waals surface area contributed by atoms with Gasteiger partial charge in [0.05, 0.1) is 6.54 Å². The number of nitrogens with one attached hydrogen (secondary N) is 1. The molecule has 2 saturated heterocycles. The van der Waals surface area contributed by atoms with E-state index in [2.05, 4.69) is 39.2 Å². The first-order chi connectivity index (χ1) is 11.9. The van der Waals surface area contributed by atoms with Crippen molar-refractivity contribution in [2.24, 2.45) is 4.99 Å². The lowest BCUT2D eigenvalue weighted by Gasteiger charge is -2.22. The van der Waals surface area contributed by atoms with Crippen LogP contribution in [0.3, 0.4) is 0 Å². The fourth-order valence-corrected chi connectivity index (χ4v) is 3.55. The van der Waals surface area contributed by atoms with E-state index >= 15 is 0 Å². The van der Waals surface area contributed by atoms with Gasteiger partial charge in [0.25, 0.3) is 0 Å². The number of guanidine groups is 1. The second kappa shape index (κ2) is 8.90. The lowest BCUT2D eigenvalue weighted by atomic mass is 10.2. The Morgan fingerprint density at radius 1 is 1.08 bits per heavy atom. The van der Waals surface area contributed by atoms with E-state index in [0.29, 0.717) is 0 Å². The van der Waals surface area contributed by atoms with Gasteiger partial charge in [0, 0.05) is 38.9 Å². The van der Waals surface area contributed by atoms with Crippen LogP contribution in [0.15, 0.2) is 23.3 Å². The molecule has 2 aliphatic heterocycles. The minimum absolute atomic E-state index is 0.724. The third-order valence-electron chi connectivity index (χ3n) is 4.89. The Bertz CT molecular complexity index is 528. The van der Waals surface area contributed by atoms with E-state index in [1.807, 2.05) is 6.20 Å². The third-order valence-corrected chi connectivity index (χ3v) is 4.89. The summed E-state index contributed by atoms with van der Waals surface area (Å²) in [6.45, 7) is 8.30. The highest BCUT2D eigenvalue weighted by Gasteiger charge is 2.15. The normalized spacial score (nSPS) is 19.5. The van der Waals surface area contributed by atoms with Gasteiger partial charge in [-0.1, -0.05) is 12.8 Å². The fourth-order valence-electron chi connectivity index (χ4n) is 3.55. The van der Waals surface area contributed by atoms with E-state index in [-0.39, 0.29) is 0 Å². The molecule has 0 aromatic carbocycles. The number of anilines is 1. The van der Waals surface area contributed by atoms with E-state index in [4.69, 9.17) is 4.99 Å². The molecule has 24 heavy (non-hydrogen) atoms. The van der Waals surface area contributed by atoms with Gasteiger partial charge in [-0.3, -0.25) is 0 Å². The zero-order valence-electron chi connectivity index (χ0n) is 15.0.